The second-order valence-corrected chi connectivity index (χ2v) is 4.04. The van der Waals surface area contributed by atoms with E-state index in [1.54, 1.807) is 36.6 Å². The van der Waals surface area contributed by atoms with Gasteiger partial charge in [0.1, 0.15) is 11.5 Å². The number of furan rings is 3. The van der Waals surface area contributed by atoms with Crippen molar-refractivity contribution in [3.05, 3.63) is 85.1 Å². The number of carboxylic acid groups (broad SMARTS) is 1. The molecule has 0 saturated heterocycles. The Morgan fingerprint density at radius 2 is 1.42 bits per heavy atom. The van der Waals surface area contributed by atoms with Gasteiger partial charge in [0.25, 0.3) is 0 Å². The summed E-state index contributed by atoms with van der Waals surface area (Å²) in [5.74, 6) is 0.763. The molecule has 0 aliphatic heterocycles. The molecule has 124 valence electrons. The Bertz CT molecular complexity index is 680. The fourth-order valence-corrected chi connectivity index (χ4v) is 1.31. The zero-order valence-corrected chi connectivity index (χ0v) is 12.7. The van der Waals surface area contributed by atoms with E-state index in [1.807, 2.05) is 12.1 Å². The second-order valence-electron chi connectivity index (χ2n) is 4.04. The molecule has 3 rings (SSSR count). The maximum atomic E-state index is 9.97. The first-order valence-corrected chi connectivity index (χ1v) is 6.75. The topological polar surface area (TPSA) is 93.8 Å². The minimum atomic E-state index is -0.976. The zero-order valence-electron chi connectivity index (χ0n) is 12.7. The molecule has 0 aromatic carbocycles. The average Bonchev–Trinajstić information content (AvgIpc) is 3.37. The molecular weight excluding hydrogens is 312 g/mol. The van der Waals surface area contributed by atoms with Crippen LogP contribution < -0.4 is 0 Å². The smallest absolute Gasteiger partial charge is 0.328 e. The van der Waals surface area contributed by atoms with Gasteiger partial charge in [-0.25, -0.2) is 4.79 Å². The number of carboxylic acids is 1. The number of carbonyl (C=O) groups is 2. The lowest BCUT2D eigenvalue weighted by molar-refractivity contribution is -0.131. The van der Waals surface area contributed by atoms with Gasteiger partial charge in [-0.15, -0.1) is 0 Å². The molecule has 24 heavy (non-hydrogen) atoms. The maximum Gasteiger partial charge on any atom is 0.328 e. The van der Waals surface area contributed by atoms with Crippen molar-refractivity contribution >= 4 is 24.4 Å². The number of rotatable bonds is 4. The van der Waals surface area contributed by atoms with Crippen LogP contribution in [0.3, 0.4) is 0 Å². The van der Waals surface area contributed by atoms with Crippen LogP contribution in [0.2, 0.25) is 0 Å². The van der Waals surface area contributed by atoms with Crippen molar-refractivity contribution in [3.63, 3.8) is 0 Å². The minimum Gasteiger partial charge on any atom is -0.478 e. The summed E-state index contributed by atoms with van der Waals surface area (Å²) in [5, 5.41) is 8.18. The summed E-state index contributed by atoms with van der Waals surface area (Å²) >= 11 is 0. The highest BCUT2D eigenvalue weighted by Gasteiger charge is 1.89. The first-order valence-electron chi connectivity index (χ1n) is 6.75. The van der Waals surface area contributed by atoms with E-state index in [0.717, 1.165) is 11.8 Å². The average molecular weight is 328 g/mol. The van der Waals surface area contributed by atoms with Gasteiger partial charge in [0.2, 0.25) is 0 Å². The molecule has 0 amide bonds. The van der Waals surface area contributed by atoms with Gasteiger partial charge in [-0.3, -0.25) is 4.79 Å². The molecular formula is C18H16O6. The molecule has 6 nitrogen and oxygen atoms in total. The minimum absolute atomic E-state index is 0.375. The summed E-state index contributed by atoms with van der Waals surface area (Å²) in [4.78, 5) is 19.7. The lowest BCUT2D eigenvalue weighted by Gasteiger charge is -1.79. The van der Waals surface area contributed by atoms with Gasteiger partial charge in [0.15, 0.2) is 12.0 Å². The van der Waals surface area contributed by atoms with Crippen LogP contribution in [0.5, 0.6) is 0 Å². The zero-order chi connectivity index (χ0) is 17.6. The van der Waals surface area contributed by atoms with Gasteiger partial charge in [-0.1, -0.05) is 6.58 Å². The first kappa shape index (κ1) is 18.5. The fourth-order valence-electron chi connectivity index (χ4n) is 1.31. The standard InChI is InChI=1S/C7H6O3.C6H6O.C5H4O2/c8-7(9)4-3-6-2-1-5-10-6;1-2-6-4-3-5-7-6;6-4-5-2-1-3-7-5/h1-5H,(H,8,9);2-5H,1H2;1-4H/b4-3+;;. The molecule has 0 aliphatic carbocycles. The number of hydrogen-bond donors (Lipinski definition) is 1. The van der Waals surface area contributed by atoms with Crippen molar-refractivity contribution in [2.24, 2.45) is 0 Å². The van der Waals surface area contributed by atoms with Gasteiger partial charge >= 0.3 is 5.97 Å². The summed E-state index contributed by atoms with van der Waals surface area (Å²) in [6, 6.07) is 10.3. The van der Waals surface area contributed by atoms with Crippen LogP contribution in [0.15, 0.2) is 81.1 Å². The van der Waals surface area contributed by atoms with E-state index >= 15 is 0 Å². The van der Waals surface area contributed by atoms with Crippen LogP contribution in [0.4, 0.5) is 0 Å². The van der Waals surface area contributed by atoms with E-state index in [4.69, 9.17) is 13.9 Å². The van der Waals surface area contributed by atoms with Crippen LogP contribution in [-0.4, -0.2) is 17.4 Å². The van der Waals surface area contributed by atoms with Crippen molar-refractivity contribution in [1.29, 1.82) is 0 Å². The highest BCUT2D eigenvalue weighted by Crippen LogP contribution is 2.01. The van der Waals surface area contributed by atoms with Gasteiger partial charge in [0, 0.05) is 6.08 Å². The molecule has 0 aliphatic rings. The Balaban J connectivity index is 0.000000185. The van der Waals surface area contributed by atoms with E-state index < -0.39 is 5.97 Å². The van der Waals surface area contributed by atoms with Crippen LogP contribution in [0.1, 0.15) is 22.1 Å². The van der Waals surface area contributed by atoms with E-state index in [-0.39, 0.29) is 0 Å². The van der Waals surface area contributed by atoms with Gasteiger partial charge in [-0.2, -0.15) is 0 Å². The predicted molar refractivity (Wildman–Crippen MR) is 88.3 cm³/mol. The number of aldehydes is 1. The highest BCUT2D eigenvalue weighted by molar-refractivity contribution is 5.84. The molecule has 1 N–H and O–H groups in total. The summed E-state index contributed by atoms with van der Waals surface area (Å²) in [7, 11) is 0. The summed E-state index contributed by atoms with van der Waals surface area (Å²) < 4.78 is 14.3. The maximum absolute atomic E-state index is 9.97. The lowest BCUT2D eigenvalue weighted by Crippen LogP contribution is -1.84. The molecule has 3 aromatic heterocycles. The summed E-state index contributed by atoms with van der Waals surface area (Å²) in [6.07, 6.45) is 9.32. The third-order valence-electron chi connectivity index (χ3n) is 2.34. The Morgan fingerprint density at radius 1 is 0.917 bits per heavy atom. The highest BCUT2D eigenvalue weighted by atomic mass is 16.4. The van der Waals surface area contributed by atoms with Crippen LogP contribution in [0, 0.1) is 0 Å². The number of hydrogen-bond acceptors (Lipinski definition) is 5. The fraction of sp³-hybridized carbons (Fsp3) is 0. The normalized spacial score (nSPS) is 9.33. The molecule has 0 spiro atoms. The molecule has 3 heterocycles. The quantitative estimate of drug-likeness (QED) is 0.564. The second kappa shape index (κ2) is 11.1. The van der Waals surface area contributed by atoms with Crippen LogP contribution in [0.25, 0.3) is 12.2 Å². The van der Waals surface area contributed by atoms with Crippen LogP contribution in [-0.2, 0) is 4.79 Å². The SMILES string of the molecule is C=Cc1ccco1.O=C(O)/C=C/c1ccco1.O=Cc1ccco1. The van der Waals surface area contributed by atoms with E-state index in [0.29, 0.717) is 17.8 Å². The van der Waals surface area contributed by atoms with Crippen LogP contribution >= 0.6 is 0 Å². The van der Waals surface area contributed by atoms with Crippen molar-refractivity contribution in [3.8, 4) is 0 Å². The van der Waals surface area contributed by atoms with E-state index in [9.17, 15) is 9.59 Å². The van der Waals surface area contributed by atoms with E-state index in [2.05, 4.69) is 11.0 Å². The summed E-state index contributed by atoms with van der Waals surface area (Å²) in [5.41, 5.74) is 0. The Hall–Kier alpha value is -3.54. The van der Waals surface area contributed by atoms with E-state index in [1.165, 1.54) is 18.6 Å². The Labute approximate surface area is 138 Å². The predicted octanol–water partition coefficient (Wildman–Crippen LogP) is 4.39. The molecule has 0 fully saturated rings. The van der Waals surface area contributed by atoms with Crippen molar-refractivity contribution in [1.82, 2.24) is 0 Å². The Kier molecular flexibility index (Phi) is 8.55. The molecule has 0 saturated carbocycles. The van der Waals surface area contributed by atoms with Gasteiger partial charge in [0.05, 0.1) is 18.8 Å². The number of carbonyl (C=O) groups excluding carboxylic acids is 1. The molecule has 0 unspecified atom stereocenters. The molecule has 0 radical (unpaired) electrons. The third-order valence-corrected chi connectivity index (χ3v) is 2.34. The molecule has 3 aromatic rings. The molecule has 6 heteroatoms. The summed E-state index contributed by atoms with van der Waals surface area (Å²) in [6.45, 7) is 3.51. The largest absolute Gasteiger partial charge is 0.478 e. The van der Waals surface area contributed by atoms with Gasteiger partial charge in [-0.05, 0) is 48.6 Å². The molecule has 0 atom stereocenters. The van der Waals surface area contributed by atoms with Crippen molar-refractivity contribution in [2.75, 3.05) is 0 Å². The van der Waals surface area contributed by atoms with Gasteiger partial charge < -0.3 is 18.4 Å². The van der Waals surface area contributed by atoms with Crippen molar-refractivity contribution in [2.45, 2.75) is 0 Å². The lowest BCUT2D eigenvalue weighted by atomic mass is 10.4. The van der Waals surface area contributed by atoms with Crippen molar-refractivity contribution < 1.29 is 27.9 Å². The molecule has 0 bridgehead atoms. The first-order chi connectivity index (χ1) is 11.7. The third kappa shape index (κ3) is 8.04. The monoisotopic (exact) mass is 328 g/mol. The number of aliphatic carboxylic acids is 1. The Morgan fingerprint density at radius 3 is 1.71 bits per heavy atom.